The molecule has 2 N–H and O–H groups in total. The lowest BCUT2D eigenvalue weighted by molar-refractivity contribution is -0.150. The minimum Gasteiger partial charge on any atom is -0.454 e. The zero-order valence-corrected chi connectivity index (χ0v) is 16.8. The van der Waals surface area contributed by atoms with Crippen LogP contribution in [0.4, 0.5) is 18.9 Å². The van der Waals surface area contributed by atoms with Gasteiger partial charge in [0.05, 0.1) is 10.6 Å². The second-order valence-corrected chi connectivity index (χ2v) is 8.25. The van der Waals surface area contributed by atoms with E-state index in [0.717, 1.165) is 6.07 Å². The van der Waals surface area contributed by atoms with Gasteiger partial charge in [-0.05, 0) is 30.2 Å². The maximum Gasteiger partial charge on any atom is 0.324 e. The first-order chi connectivity index (χ1) is 14.0. The Balaban J connectivity index is 2.02. The summed E-state index contributed by atoms with van der Waals surface area (Å²) in [5.41, 5.74) is -0.639. The van der Waals surface area contributed by atoms with E-state index in [1.165, 1.54) is 24.3 Å². The van der Waals surface area contributed by atoms with Gasteiger partial charge >= 0.3 is 5.97 Å². The van der Waals surface area contributed by atoms with E-state index in [1.807, 2.05) is 5.32 Å². The molecule has 0 saturated carbocycles. The largest absolute Gasteiger partial charge is 0.454 e. The lowest BCUT2D eigenvalue weighted by Crippen LogP contribution is -2.45. The predicted molar refractivity (Wildman–Crippen MR) is 101 cm³/mol. The fourth-order valence-corrected chi connectivity index (χ4v) is 3.68. The number of benzene rings is 2. The predicted octanol–water partition coefficient (Wildman–Crippen LogP) is 2.59. The van der Waals surface area contributed by atoms with Gasteiger partial charge in [0.1, 0.15) is 6.04 Å². The lowest BCUT2D eigenvalue weighted by atomic mass is 10.1. The van der Waals surface area contributed by atoms with Crippen molar-refractivity contribution in [3.8, 4) is 0 Å². The number of hydrogen-bond donors (Lipinski definition) is 2. The number of carbonyl (C=O) groups is 2. The minimum absolute atomic E-state index is 0.0602. The molecule has 0 fully saturated rings. The molecule has 0 unspecified atom stereocenters. The number of ether oxygens (including phenoxy) is 1. The maximum atomic E-state index is 13.6. The molecular formula is C19H19F3N2O5S. The Labute approximate surface area is 171 Å². The van der Waals surface area contributed by atoms with Crippen LogP contribution in [0.1, 0.15) is 13.8 Å². The number of anilines is 1. The van der Waals surface area contributed by atoms with Crippen LogP contribution in [0, 0.1) is 23.4 Å². The first kappa shape index (κ1) is 23.4. The summed E-state index contributed by atoms with van der Waals surface area (Å²) in [6.45, 7) is 2.24. The van der Waals surface area contributed by atoms with E-state index >= 15 is 0 Å². The van der Waals surface area contributed by atoms with E-state index in [2.05, 4.69) is 4.72 Å². The number of amides is 1. The molecule has 2 rings (SSSR count). The summed E-state index contributed by atoms with van der Waals surface area (Å²) in [6.07, 6.45) is 0. The van der Waals surface area contributed by atoms with Crippen LogP contribution in [0.25, 0.3) is 0 Å². The Bertz CT molecular complexity index is 1030. The molecule has 30 heavy (non-hydrogen) atoms. The van der Waals surface area contributed by atoms with Crippen molar-refractivity contribution in [1.82, 2.24) is 4.72 Å². The number of halogens is 3. The second kappa shape index (κ2) is 9.72. The number of rotatable bonds is 8. The van der Waals surface area contributed by atoms with Gasteiger partial charge in [0.15, 0.2) is 24.1 Å². The van der Waals surface area contributed by atoms with Crippen LogP contribution in [0.3, 0.4) is 0 Å². The monoisotopic (exact) mass is 444 g/mol. The van der Waals surface area contributed by atoms with Crippen LogP contribution in [0.15, 0.2) is 47.4 Å². The summed E-state index contributed by atoms with van der Waals surface area (Å²) in [7, 11) is -4.03. The summed E-state index contributed by atoms with van der Waals surface area (Å²) in [5.74, 6) is -7.39. The molecule has 2 aromatic carbocycles. The molecule has 7 nitrogen and oxygen atoms in total. The molecule has 0 radical (unpaired) electrons. The molecule has 0 heterocycles. The Hall–Kier alpha value is -2.92. The van der Waals surface area contributed by atoms with Gasteiger partial charge in [0.25, 0.3) is 5.91 Å². The Morgan fingerprint density at radius 2 is 1.63 bits per heavy atom. The van der Waals surface area contributed by atoms with Crippen LogP contribution >= 0.6 is 0 Å². The summed E-state index contributed by atoms with van der Waals surface area (Å²) in [4.78, 5) is 24.1. The molecule has 0 spiro atoms. The van der Waals surface area contributed by atoms with Crippen molar-refractivity contribution in [2.24, 2.45) is 5.92 Å². The van der Waals surface area contributed by atoms with Gasteiger partial charge in [-0.2, -0.15) is 4.72 Å². The highest BCUT2D eigenvalue weighted by atomic mass is 32.2. The molecule has 0 aliphatic heterocycles. The molecule has 0 aliphatic rings. The average molecular weight is 444 g/mol. The number of sulfonamides is 1. The summed E-state index contributed by atoms with van der Waals surface area (Å²) in [6, 6.07) is 7.46. The molecule has 162 valence electrons. The molecule has 0 aromatic heterocycles. The molecular weight excluding hydrogens is 425 g/mol. The van der Waals surface area contributed by atoms with E-state index in [1.54, 1.807) is 19.9 Å². The fourth-order valence-electron chi connectivity index (χ4n) is 2.33. The van der Waals surface area contributed by atoms with Crippen LogP contribution in [0.2, 0.25) is 0 Å². The standard InChI is InChI=1S/C19H19F3N2O5S/c1-11(2)18(24-30(27,28)12-6-4-3-5-7-12)19(26)29-10-15(25)23-14-9-8-13(20)16(21)17(14)22/h3-9,11,18,24H,10H2,1-2H3,(H,23,25)/t18-/m1/s1. The van der Waals surface area contributed by atoms with Crippen molar-refractivity contribution >= 4 is 27.6 Å². The highest BCUT2D eigenvalue weighted by Crippen LogP contribution is 2.19. The van der Waals surface area contributed by atoms with Gasteiger partial charge in [-0.3, -0.25) is 9.59 Å². The maximum absolute atomic E-state index is 13.6. The molecule has 1 amide bonds. The van der Waals surface area contributed by atoms with Crippen molar-refractivity contribution in [2.45, 2.75) is 24.8 Å². The highest BCUT2D eigenvalue weighted by Gasteiger charge is 2.30. The number of hydrogen-bond acceptors (Lipinski definition) is 5. The Morgan fingerprint density at radius 3 is 2.23 bits per heavy atom. The van der Waals surface area contributed by atoms with Crippen molar-refractivity contribution in [3.05, 3.63) is 59.9 Å². The van der Waals surface area contributed by atoms with Crippen molar-refractivity contribution in [1.29, 1.82) is 0 Å². The van der Waals surface area contributed by atoms with Crippen LogP contribution < -0.4 is 10.0 Å². The molecule has 2 aromatic rings. The third kappa shape index (κ3) is 5.80. The number of esters is 1. The summed E-state index contributed by atoms with van der Waals surface area (Å²) < 4.78 is 71.6. The normalized spacial score (nSPS) is 12.5. The lowest BCUT2D eigenvalue weighted by Gasteiger charge is -2.20. The first-order valence-electron chi connectivity index (χ1n) is 8.70. The average Bonchev–Trinajstić information content (AvgIpc) is 2.71. The zero-order valence-electron chi connectivity index (χ0n) is 16.0. The molecule has 0 aliphatic carbocycles. The quantitative estimate of drug-likeness (QED) is 0.482. The number of nitrogens with one attached hydrogen (secondary N) is 2. The van der Waals surface area contributed by atoms with Crippen LogP contribution in [-0.2, 0) is 24.3 Å². The van der Waals surface area contributed by atoms with Gasteiger partial charge in [0, 0.05) is 0 Å². The minimum atomic E-state index is -4.03. The van der Waals surface area contributed by atoms with Gasteiger partial charge in [-0.25, -0.2) is 21.6 Å². The van der Waals surface area contributed by atoms with Crippen LogP contribution in [0.5, 0.6) is 0 Å². The Kier molecular flexibility index (Phi) is 7.57. The fraction of sp³-hybridized carbons (Fsp3) is 0.263. The van der Waals surface area contributed by atoms with Crippen molar-refractivity contribution in [3.63, 3.8) is 0 Å². The second-order valence-electron chi connectivity index (χ2n) is 6.53. The van der Waals surface area contributed by atoms with Gasteiger partial charge < -0.3 is 10.1 Å². The van der Waals surface area contributed by atoms with Gasteiger partial charge in [-0.1, -0.05) is 32.0 Å². The van der Waals surface area contributed by atoms with Crippen LogP contribution in [-0.4, -0.2) is 32.9 Å². The SMILES string of the molecule is CC(C)[C@@H](NS(=O)(=O)c1ccccc1)C(=O)OCC(=O)Nc1ccc(F)c(F)c1F. The van der Waals surface area contributed by atoms with E-state index in [0.29, 0.717) is 6.07 Å². The molecule has 11 heteroatoms. The van der Waals surface area contributed by atoms with Gasteiger partial charge in [-0.15, -0.1) is 0 Å². The molecule has 0 saturated heterocycles. The van der Waals surface area contributed by atoms with Crippen molar-refractivity contribution in [2.75, 3.05) is 11.9 Å². The smallest absolute Gasteiger partial charge is 0.324 e. The molecule has 1 atom stereocenters. The Morgan fingerprint density at radius 1 is 1.00 bits per heavy atom. The zero-order chi connectivity index (χ0) is 22.5. The van der Waals surface area contributed by atoms with E-state index < -0.39 is 63.6 Å². The third-order valence-electron chi connectivity index (χ3n) is 3.91. The third-order valence-corrected chi connectivity index (χ3v) is 5.37. The first-order valence-corrected chi connectivity index (χ1v) is 10.2. The van der Waals surface area contributed by atoms with E-state index in [4.69, 9.17) is 4.74 Å². The highest BCUT2D eigenvalue weighted by molar-refractivity contribution is 7.89. The number of carbonyl (C=O) groups excluding carboxylic acids is 2. The van der Waals surface area contributed by atoms with E-state index in [-0.39, 0.29) is 4.90 Å². The van der Waals surface area contributed by atoms with Gasteiger partial charge in [0.2, 0.25) is 10.0 Å². The van der Waals surface area contributed by atoms with Crippen molar-refractivity contribution < 1.29 is 35.9 Å². The molecule has 0 bridgehead atoms. The topological polar surface area (TPSA) is 102 Å². The summed E-state index contributed by atoms with van der Waals surface area (Å²) in [5, 5.41) is 1.94. The summed E-state index contributed by atoms with van der Waals surface area (Å²) >= 11 is 0. The van der Waals surface area contributed by atoms with E-state index in [9.17, 15) is 31.2 Å².